The number of anilines is 1. The van der Waals surface area contributed by atoms with Crippen LogP contribution in [0.2, 0.25) is 0 Å². The molecule has 0 saturated heterocycles. The Bertz CT molecular complexity index is 740. The van der Waals surface area contributed by atoms with Crippen molar-refractivity contribution in [3.8, 4) is 11.5 Å². The molecule has 0 fully saturated rings. The maximum Gasteiger partial charge on any atom is 0.233 e. The van der Waals surface area contributed by atoms with E-state index in [1.165, 1.54) is 23.1 Å². The second-order valence-corrected chi connectivity index (χ2v) is 7.82. The predicted molar refractivity (Wildman–Crippen MR) is 103 cm³/mol. The molecule has 1 atom stereocenters. The molecule has 0 saturated carbocycles. The van der Waals surface area contributed by atoms with E-state index in [1.54, 1.807) is 4.90 Å². The summed E-state index contributed by atoms with van der Waals surface area (Å²) >= 11 is 2.87. The fourth-order valence-corrected chi connectivity index (χ4v) is 4.23. The van der Waals surface area contributed by atoms with Crippen molar-refractivity contribution in [1.29, 1.82) is 0 Å². The molecular weight excluding hydrogens is 372 g/mol. The van der Waals surface area contributed by atoms with Crippen molar-refractivity contribution < 1.29 is 14.3 Å². The van der Waals surface area contributed by atoms with Crippen molar-refractivity contribution in [3.05, 3.63) is 24.3 Å². The van der Waals surface area contributed by atoms with Gasteiger partial charge in [-0.3, -0.25) is 4.79 Å². The molecule has 1 aromatic heterocycles. The molecule has 7 nitrogen and oxygen atoms in total. The van der Waals surface area contributed by atoms with E-state index in [1.807, 2.05) is 38.1 Å². The lowest BCUT2D eigenvalue weighted by molar-refractivity contribution is -0.129. The van der Waals surface area contributed by atoms with Gasteiger partial charge in [-0.1, -0.05) is 35.2 Å². The molecule has 1 N–H and O–H groups in total. The van der Waals surface area contributed by atoms with Crippen molar-refractivity contribution in [1.82, 2.24) is 15.1 Å². The number of hydrogen-bond donors (Lipinski definition) is 1. The third-order valence-electron chi connectivity index (χ3n) is 3.78. The normalized spacial score (nSPS) is 15.5. The Morgan fingerprint density at radius 1 is 1.35 bits per heavy atom. The molecule has 0 radical (unpaired) electrons. The van der Waals surface area contributed by atoms with Crippen LogP contribution >= 0.6 is 23.1 Å². The number of likely N-dealkylation sites (N-methyl/N-ethyl adjacent to an activating group) is 1. The van der Waals surface area contributed by atoms with Crippen LogP contribution < -0.4 is 14.8 Å². The van der Waals surface area contributed by atoms with Crippen LogP contribution in [0.15, 0.2) is 28.6 Å². The minimum absolute atomic E-state index is 0.0557. The van der Waals surface area contributed by atoms with Gasteiger partial charge in [0.15, 0.2) is 21.9 Å². The van der Waals surface area contributed by atoms with E-state index in [2.05, 4.69) is 15.5 Å². The highest BCUT2D eigenvalue weighted by molar-refractivity contribution is 8.01. The number of para-hydroxylation sites is 2. The molecule has 1 amide bonds. The fraction of sp³-hybridized carbons (Fsp3) is 0.471. The first-order valence-corrected chi connectivity index (χ1v) is 10.4. The van der Waals surface area contributed by atoms with Crippen LogP contribution in [0, 0.1) is 0 Å². The largest absolute Gasteiger partial charge is 0.486 e. The van der Waals surface area contributed by atoms with Gasteiger partial charge in [-0.05, 0) is 26.0 Å². The number of ether oxygens (including phenoxy) is 2. The zero-order valence-electron chi connectivity index (χ0n) is 14.8. The van der Waals surface area contributed by atoms with Crippen molar-refractivity contribution in [3.63, 3.8) is 0 Å². The molecular formula is C17H22N4O3S2. The first-order valence-electron chi connectivity index (χ1n) is 8.56. The zero-order chi connectivity index (χ0) is 18.4. The number of amides is 1. The first kappa shape index (κ1) is 18.8. The Kier molecular flexibility index (Phi) is 6.56. The predicted octanol–water partition coefficient (Wildman–Crippen LogP) is 2.75. The molecule has 9 heteroatoms. The topological polar surface area (TPSA) is 76.6 Å². The van der Waals surface area contributed by atoms with Gasteiger partial charge in [0.2, 0.25) is 11.0 Å². The van der Waals surface area contributed by atoms with Crippen LogP contribution in [0.1, 0.15) is 13.8 Å². The first-order chi connectivity index (χ1) is 12.7. The molecule has 0 aliphatic carbocycles. The molecule has 2 heterocycles. The molecule has 1 aromatic carbocycles. The number of nitrogens with zero attached hydrogens (tertiary/aromatic N) is 3. The third kappa shape index (κ3) is 4.79. The molecule has 2 aromatic rings. The minimum atomic E-state index is -0.166. The maximum atomic E-state index is 12.5. The molecule has 0 spiro atoms. The van der Waals surface area contributed by atoms with Gasteiger partial charge in [0, 0.05) is 13.1 Å². The van der Waals surface area contributed by atoms with E-state index in [0.717, 1.165) is 27.5 Å². The Balaban J connectivity index is 1.51. The van der Waals surface area contributed by atoms with E-state index >= 15 is 0 Å². The Hall–Kier alpha value is -2.00. The van der Waals surface area contributed by atoms with Gasteiger partial charge in [-0.25, -0.2) is 0 Å². The average molecular weight is 395 g/mol. The number of nitrogens with one attached hydrogen (secondary N) is 1. The number of fused-ring (bicyclic) bond motifs is 1. The van der Waals surface area contributed by atoms with Crippen molar-refractivity contribution in [2.24, 2.45) is 0 Å². The van der Waals surface area contributed by atoms with Gasteiger partial charge in [0.05, 0.1) is 12.3 Å². The van der Waals surface area contributed by atoms with Gasteiger partial charge >= 0.3 is 0 Å². The summed E-state index contributed by atoms with van der Waals surface area (Å²) < 4.78 is 12.5. The maximum absolute atomic E-state index is 12.5. The van der Waals surface area contributed by atoms with Crippen LogP contribution in [0.4, 0.5) is 5.13 Å². The van der Waals surface area contributed by atoms with Crippen molar-refractivity contribution in [2.45, 2.75) is 24.3 Å². The molecule has 26 heavy (non-hydrogen) atoms. The number of benzene rings is 1. The summed E-state index contributed by atoms with van der Waals surface area (Å²) in [6.07, 6.45) is -0.166. The van der Waals surface area contributed by atoms with Gasteiger partial charge in [-0.2, -0.15) is 0 Å². The zero-order valence-corrected chi connectivity index (χ0v) is 16.4. The van der Waals surface area contributed by atoms with E-state index in [9.17, 15) is 4.79 Å². The highest BCUT2D eigenvalue weighted by Gasteiger charge is 2.25. The van der Waals surface area contributed by atoms with Crippen LogP contribution in [-0.2, 0) is 4.79 Å². The summed E-state index contributed by atoms with van der Waals surface area (Å²) in [4.78, 5) is 14.3. The molecule has 0 bridgehead atoms. The van der Waals surface area contributed by atoms with Crippen LogP contribution in [-0.4, -0.2) is 59.1 Å². The van der Waals surface area contributed by atoms with Crippen molar-refractivity contribution in [2.75, 3.05) is 37.3 Å². The second-order valence-electron chi connectivity index (χ2n) is 5.62. The summed E-state index contributed by atoms with van der Waals surface area (Å²) in [6.45, 7) is 6.34. The molecule has 0 unspecified atom stereocenters. The summed E-state index contributed by atoms with van der Waals surface area (Å²) in [7, 11) is 0. The number of thioether (sulfide) groups is 1. The van der Waals surface area contributed by atoms with Gasteiger partial charge in [0.1, 0.15) is 6.61 Å². The molecule has 3 rings (SSSR count). The number of carbonyl (C=O) groups excluding carboxylic acids is 1. The number of carbonyl (C=O) groups is 1. The fourth-order valence-electron chi connectivity index (χ4n) is 2.51. The number of aromatic nitrogens is 2. The SMILES string of the molecule is CCNc1nnc(SCC(=O)N(CC)C[C@@H]2COc3ccccc3O2)s1. The molecule has 1 aliphatic rings. The van der Waals surface area contributed by atoms with Crippen LogP contribution in [0.3, 0.4) is 0 Å². The second kappa shape index (κ2) is 9.09. The smallest absolute Gasteiger partial charge is 0.233 e. The Morgan fingerprint density at radius 3 is 2.92 bits per heavy atom. The lowest BCUT2D eigenvalue weighted by Gasteiger charge is -2.30. The van der Waals surface area contributed by atoms with E-state index in [-0.39, 0.29) is 12.0 Å². The average Bonchev–Trinajstić information content (AvgIpc) is 3.12. The highest BCUT2D eigenvalue weighted by atomic mass is 32.2. The minimum Gasteiger partial charge on any atom is -0.486 e. The van der Waals surface area contributed by atoms with Gasteiger partial charge in [-0.15, -0.1) is 10.2 Å². The highest BCUT2D eigenvalue weighted by Crippen LogP contribution is 2.31. The van der Waals surface area contributed by atoms with E-state index in [4.69, 9.17) is 9.47 Å². The monoisotopic (exact) mass is 394 g/mol. The summed E-state index contributed by atoms with van der Waals surface area (Å²) in [5.74, 6) is 1.87. The number of hydrogen-bond acceptors (Lipinski definition) is 8. The third-order valence-corrected chi connectivity index (χ3v) is 5.78. The lowest BCUT2D eigenvalue weighted by Crippen LogP contribution is -2.44. The summed E-state index contributed by atoms with van der Waals surface area (Å²) in [6, 6.07) is 7.59. The van der Waals surface area contributed by atoms with E-state index in [0.29, 0.717) is 25.4 Å². The number of rotatable bonds is 8. The lowest BCUT2D eigenvalue weighted by atomic mass is 10.2. The van der Waals surface area contributed by atoms with E-state index < -0.39 is 0 Å². The molecule has 140 valence electrons. The standard InChI is InChI=1S/C17H22N4O3S2/c1-3-18-16-19-20-17(26-16)25-11-15(22)21(4-2)9-12-10-23-13-7-5-6-8-14(13)24-12/h5-8,12H,3-4,9-11H2,1-2H3,(H,18,19)/t12-/m1/s1. The Labute approximate surface area is 161 Å². The summed E-state index contributed by atoms with van der Waals surface area (Å²) in [5, 5.41) is 12.0. The molecule has 1 aliphatic heterocycles. The van der Waals surface area contributed by atoms with Crippen molar-refractivity contribution >= 4 is 34.1 Å². The van der Waals surface area contributed by atoms with Crippen LogP contribution in [0.5, 0.6) is 11.5 Å². The quantitative estimate of drug-likeness (QED) is 0.690. The van der Waals surface area contributed by atoms with Gasteiger partial charge in [0.25, 0.3) is 0 Å². The Morgan fingerprint density at radius 2 is 2.15 bits per heavy atom. The van der Waals surface area contributed by atoms with Crippen LogP contribution in [0.25, 0.3) is 0 Å². The summed E-state index contributed by atoms with van der Waals surface area (Å²) in [5.41, 5.74) is 0. The van der Waals surface area contributed by atoms with Gasteiger partial charge < -0.3 is 19.7 Å².